The average Bonchev–Trinajstić information content (AvgIpc) is 2.76. The molecule has 1 aliphatic rings. The molecule has 110 valence electrons. The van der Waals surface area contributed by atoms with Gasteiger partial charge in [0.2, 0.25) is 5.91 Å². The van der Waals surface area contributed by atoms with Gasteiger partial charge in [-0.05, 0) is 25.7 Å². The second-order valence-corrected chi connectivity index (χ2v) is 5.68. The molecule has 1 N–H and O–H groups in total. The molecule has 0 aliphatic carbocycles. The van der Waals surface area contributed by atoms with E-state index in [4.69, 9.17) is 5.11 Å². The summed E-state index contributed by atoms with van der Waals surface area (Å²) in [7, 11) is 0. The largest absolute Gasteiger partial charge is 0.481 e. The Bertz CT molecular complexity index is 317. The number of amides is 1. The van der Waals surface area contributed by atoms with Gasteiger partial charge in [-0.1, -0.05) is 33.1 Å². The van der Waals surface area contributed by atoms with Gasteiger partial charge in [0, 0.05) is 19.0 Å². The molecule has 1 amide bonds. The predicted molar refractivity (Wildman–Crippen MR) is 74.8 cm³/mol. The lowest BCUT2D eigenvalue weighted by Crippen LogP contribution is -2.38. The van der Waals surface area contributed by atoms with Crippen LogP contribution in [0.15, 0.2) is 0 Å². The lowest BCUT2D eigenvalue weighted by atomic mass is 9.95. The second-order valence-electron chi connectivity index (χ2n) is 5.68. The first-order valence-electron chi connectivity index (χ1n) is 7.53. The first kappa shape index (κ1) is 16.0. The number of carbonyl (C=O) groups is 2. The lowest BCUT2D eigenvalue weighted by molar-refractivity contribution is -0.143. The molecule has 1 rings (SSSR count). The van der Waals surface area contributed by atoms with Crippen molar-refractivity contribution < 1.29 is 14.7 Å². The van der Waals surface area contributed by atoms with Crippen molar-refractivity contribution in [3.63, 3.8) is 0 Å². The average molecular weight is 269 g/mol. The third-order valence-corrected chi connectivity index (χ3v) is 4.40. The molecule has 4 nitrogen and oxygen atoms in total. The van der Waals surface area contributed by atoms with Gasteiger partial charge < -0.3 is 10.0 Å². The molecule has 0 saturated carbocycles. The Balaban J connectivity index is 2.51. The molecular weight excluding hydrogens is 242 g/mol. The SMILES string of the molecule is CCCCC(CC)CC(=O)N1CCC(C(=O)O)C1C. The standard InChI is InChI=1S/C15H27NO3/c1-4-6-7-12(5-2)10-14(17)16-9-8-13(11(16)3)15(18)19/h11-13H,4-10H2,1-3H3,(H,18,19). The molecule has 1 fully saturated rings. The van der Waals surface area contributed by atoms with Crippen molar-refractivity contribution in [1.82, 2.24) is 4.90 Å². The fourth-order valence-corrected chi connectivity index (χ4v) is 2.93. The minimum Gasteiger partial charge on any atom is -0.481 e. The van der Waals surface area contributed by atoms with Crippen LogP contribution in [0.5, 0.6) is 0 Å². The van der Waals surface area contributed by atoms with Crippen molar-refractivity contribution in [1.29, 1.82) is 0 Å². The number of aliphatic carboxylic acids is 1. The summed E-state index contributed by atoms with van der Waals surface area (Å²) in [5.41, 5.74) is 0. The van der Waals surface area contributed by atoms with E-state index < -0.39 is 5.97 Å². The number of likely N-dealkylation sites (tertiary alicyclic amines) is 1. The molecule has 0 aromatic carbocycles. The van der Waals surface area contributed by atoms with Crippen molar-refractivity contribution in [2.24, 2.45) is 11.8 Å². The molecule has 4 heteroatoms. The van der Waals surface area contributed by atoms with E-state index in [1.54, 1.807) is 4.90 Å². The van der Waals surface area contributed by atoms with Gasteiger partial charge in [0.25, 0.3) is 0 Å². The monoisotopic (exact) mass is 269 g/mol. The van der Waals surface area contributed by atoms with Crippen molar-refractivity contribution in [3.05, 3.63) is 0 Å². The Hall–Kier alpha value is -1.06. The maximum absolute atomic E-state index is 12.3. The Morgan fingerprint density at radius 2 is 2.05 bits per heavy atom. The van der Waals surface area contributed by atoms with Gasteiger partial charge in [0.05, 0.1) is 5.92 Å². The van der Waals surface area contributed by atoms with Gasteiger partial charge in [-0.3, -0.25) is 9.59 Å². The van der Waals surface area contributed by atoms with Gasteiger partial charge in [-0.2, -0.15) is 0 Å². The summed E-state index contributed by atoms with van der Waals surface area (Å²) >= 11 is 0. The van der Waals surface area contributed by atoms with Crippen LogP contribution < -0.4 is 0 Å². The number of carboxylic acids is 1. The fraction of sp³-hybridized carbons (Fsp3) is 0.867. The maximum Gasteiger partial charge on any atom is 0.308 e. The summed E-state index contributed by atoms with van der Waals surface area (Å²) in [6.07, 6.45) is 5.62. The molecule has 0 aromatic heterocycles. The first-order chi connectivity index (χ1) is 9.01. The highest BCUT2D eigenvalue weighted by atomic mass is 16.4. The third kappa shape index (κ3) is 4.22. The zero-order valence-corrected chi connectivity index (χ0v) is 12.4. The van der Waals surface area contributed by atoms with Gasteiger partial charge in [-0.15, -0.1) is 0 Å². The van der Waals surface area contributed by atoms with Gasteiger partial charge in [-0.25, -0.2) is 0 Å². The number of unbranched alkanes of at least 4 members (excludes halogenated alkanes) is 1. The Morgan fingerprint density at radius 1 is 1.37 bits per heavy atom. The van der Waals surface area contributed by atoms with Crippen LogP contribution in [0.2, 0.25) is 0 Å². The number of nitrogens with zero attached hydrogens (tertiary/aromatic N) is 1. The first-order valence-corrected chi connectivity index (χ1v) is 7.53. The molecule has 3 atom stereocenters. The van der Waals surface area contributed by atoms with Crippen LogP contribution in [0.25, 0.3) is 0 Å². The summed E-state index contributed by atoms with van der Waals surface area (Å²) in [5, 5.41) is 9.09. The number of carbonyl (C=O) groups excluding carboxylic acids is 1. The van der Waals surface area contributed by atoms with Crippen LogP contribution in [0, 0.1) is 11.8 Å². The number of hydrogen-bond donors (Lipinski definition) is 1. The molecular formula is C15H27NO3. The highest BCUT2D eigenvalue weighted by Crippen LogP contribution is 2.27. The second kappa shape index (κ2) is 7.51. The Kier molecular flexibility index (Phi) is 6.32. The van der Waals surface area contributed by atoms with Crippen molar-refractivity contribution in [2.45, 2.75) is 65.3 Å². The van der Waals surface area contributed by atoms with Crippen LogP contribution in [0.3, 0.4) is 0 Å². The van der Waals surface area contributed by atoms with E-state index in [9.17, 15) is 9.59 Å². The van der Waals surface area contributed by atoms with Crippen LogP contribution in [-0.2, 0) is 9.59 Å². The highest BCUT2D eigenvalue weighted by Gasteiger charge is 2.38. The fourth-order valence-electron chi connectivity index (χ4n) is 2.93. The van der Waals surface area contributed by atoms with Gasteiger partial charge >= 0.3 is 5.97 Å². The highest BCUT2D eigenvalue weighted by molar-refractivity contribution is 5.79. The molecule has 0 spiro atoms. The predicted octanol–water partition coefficient (Wildman–Crippen LogP) is 2.91. The zero-order chi connectivity index (χ0) is 14.4. The quantitative estimate of drug-likeness (QED) is 0.773. The molecule has 3 unspecified atom stereocenters. The van der Waals surface area contributed by atoms with E-state index >= 15 is 0 Å². The third-order valence-electron chi connectivity index (χ3n) is 4.40. The smallest absolute Gasteiger partial charge is 0.308 e. The van der Waals surface area contributed by atoms with E-state index in [-0.39, 0.29) is 17.9 Å². The molecule has 1 saturated heterocycles. The molecule has 1 aliphatic heterocycles. The van der Waals surface area contributed by atoms with Crippen molar-refractivity contribution >= 4 is 11.9 Å². The molecule has 0 bridgehead atoms. The summed E-state index contributed by atoms with van der Waals surface area (Å²) in [5.74, 6) is -0.580. The number of hydrogen-bond acceptors (Lipinski definition) is 2. The number of carboxylic acid groups (broad SMARTS) is 1. The summed E-state index contributed by atoms with van der Waals surface area (Å²) in [6.45, 7) is 6.74. The molecule has 0 radical (unpaired) electrons. The van der Waals surface area contributed by atoms with Crippen molar-refractivity contribution in [3.8, 4) is 0 Å². The van der Waals surface area contributed by atoms with Gasteiger partial charge in [0.1, 0.15) is 0 Å². The zero-order valence-electron chi connectivity index (χ0n) is 12.4. The molecule has 19 heavy (non-hydrogen) atoms. The van der Waals surface area contributed by atoms with Crippen LogP contribution in [0.4, 0.5) is 0 Å². The molecule has 0 aromatic rings. The van der Waals surface area contributed by atoms with Crippen molar-refractivity contribution in [2.75, 3.05) is 6.54 Å². The van der Waals surface area contributed by atoms with E-state index in [1.165, 1.54) is 6.42 Å². The number of rotatable bonds is 7. The van der Waals surface area contributed by atoms with Crippen LogP contribution in [-0.4, -0.2) is 34.5 Å². The van der Waals surface area contributed by atoms with E-state index in [2.05, 4.69) is 13.8 Å². The van der Waals surface area contributed by atoms with E-state index in [0.29, 0.717) is 25.3 Å². The minimum absolute atomic E-state index is 0.138. The minimum atomic E-state index is -0.777. The van der Waals surface area contributed by atoms with Crippen LogP contribution in [0.1, 0.15) is 59.3 Å². The summed E-state index contributed by atoms with van der Waals surface area (Å²) < 4.78 is 0. The Morgan fingerprint density at radius 3 is 2.53 bits per heavy atom. The van der Waals surface area contributed by atoms with Gasteiger partial charge in [0.15, 0.2) is 0 Å². The van der Waals surface area contributed by atoms with E-state index in [0.717, 1.165) is 19.3 Å². The van der Waals surface area contributed by atoms with E-state index in [1.807, 2.05) is 6.92 Å². The molecule has 1 heterocycles. The Labute approximate surface area is 116 Å². The maximum atomic E-state index is 12.3. The van der Waals surface area contributed by atoms with Crippen LogP contribution >= 0.6 is 0 Å². The normalized spacial score (nSPS) is 24.5. The summed E-state index contributed by atoms with van der Waals surface area (Å²) in [6, 6.07) is -0.159. The topological polar surface area (TPSA) is 57.6 Å². The summed E-state index contributed by atoms with van der Waals surface area (Å²) in [4.78, 5) is 25.1. The lowest BCUT2D eigenvalue weighted by Gasteiger charge is -2.25.